The maximum absolute atomic E-state index is 12.7. The van der Waals surface area contributed by atoms with Crippen LogP contribution in [0, 0.1) is 12.1 Å². The topological polar surface area (TPSA) is 39.0 Å². The quantitative estimate of drug-likeness (QED) is 0.137. The first kappa shape index (κ1) is 18.3. The van der Waals surface area contributed by atoms with Crippen molar-refractivity contribution >= 4 is 34.6 Å². The molecule has 138 valence electrons. The van der Waals surface area contributed by atoms with Gasteiger partial charge in [0.05, 0.1) is 11.1 Å². The van der Waals surface area contributed by atoms with Crippen molar-refractivity contribution in [3.63, 3.8) is 0 Å². The summed E-state index contributed by atoms with van der Waals surface area (Å²) in [6.45, 7) is 2.06. The Hall–Kier alpha value is -3.11. The molecule has 0 radical (unpaired) electrons. The molecule has 3 aromatic carbocycles. The molecule has 1 heterocycles. The summed E-state index contributed by atoms with van der Waals surface area (Å²) in [4.78, 5) is 4.84. The summed E-state index contributed by atoms with van der Waals surface area (Å²) in [5, 5.41) is 14.6. The average molecular weight is 385 g/mol. The van der Waals surface area contributed by atoms with Crippen molar-refractivity contribution in [3.8, 4) is 0 Å². The first-order chi connectivity index (χ1) is 13.7. The second-order valence-electron chi connectivity index (χ2n) is 6.64. The lowest BCUT2D eigenvalue weighted by Crippen LogP contribution is -2.02. The van der Waals surface area contributed by atoms with Gasteiger partial charge in [-0.05, 0) is 30.7 Å². The smallest absolute Gasteiger partial charge is 0.216 e. The molecule has 0 aliphatic rings. The molecule has 0 fully saturated rings. The molecule has 0 amide bonds. The number of benzene rings is 3. The molecule has 0 aliphatic carbocycles. The van der Waals surface area contributed by atoms with Crippen LogP contribution in [0.3, 0.4) is 0 Å². The van der Waals surface area contributed by atoms with Crippen LogP contribution in [0.2, 0.25) is 0 Å². The predicted octanol–water partition coefficient (Wildman–Crippen LogP) is 6.10. The zero-order valence-electron chi connectivity index (χ0n) is 15.6. The Bertz CT molecular complexity index is 1130. The highest BCUT2D eigenvalue weighted by atomic mass is 32.2. The fourth-order valence-electron chi connectivity index (χ4n) is 3.00. The van der Waals surface area contributed by atoms with E-state index in [1.807, 2.05) is 42.5 Å². The highest BCUT2D eigenvalue weighted by Gasteiger charge is 2.11. The number of thioether (sulfide) groups is 1. The molecule has 28 heavy (non-hydrogen) atoms. The number of nitrogens with zero attached hydrogens (tertiary/aromatic N) is 2. The van der Waals surface area contributed by atoms with E-state index < -0.39 is 0 Å². The highest BCUT2D eigenvalue weighted by molar-refractivity contribution is 7.98. The van der Waals surface area contributed by atoms with E-state index in [1.165, 1.54) is 11.1 Å². The van der Waals surface area contributed by atoms with Crippen molar-refractivity contribution in [3.05, 3.63) is 107 Å². The van der Waals surface area contributed by atoms with Crippen LogP contribution in [0.25, 0.3) is 10.9 Å². The number of hydrogen-bond acceptors (Lipinski definition) is 3. The Morgan fingerprint density at radius 3 is 2.39 bits per heavy atom. The molecule has 0 saturated carbocycles. The summed E-state index contributed by atoms with van der Waals surface area (Å²) in [6, 6.07) is 27.8. The molecule has 0 N–H and O–H groups in total. The average Bonchev–Trinajstić information content (AvgIpc) is 2.73. The molecule has 0 bridgehead atoms. The number of pyridine rings is 1. The normalized spacial score (nSPS) is 11.7. The number of rotatable bonds is 5. The van der Waals surface area contributed by atoms with Crippen LogP contribution in [0.15, 0.2) is 90.0 Å². The van der Waals surface area contributed by atoms with Gasteiger partial charge in [-0.1, -0.05) is 60.2 Å². The van der Waals surface area contributed by atoms with Gasteiger partial charge in [0, 0.05) is 23.3 Å². The number of para-hydroxylation sites is 1. The Morgan fingerprint density at radius 2 is 1.64 bits per heavy atom. The molecule has 0 spiro atoms. The van der Waals surface area contributed by atoms with Crippen LogP contribution in [-0.4, -0.2) is 15.9 Å². The second-order valence-corrected chi connectivity index (χ2v) is 7.61. The van der Waals surface area contributed by atoms with Gasteiger partial charge in [0.1, 0.15) is 5.03 Å². The third-order valence-corrected chi connectivity index (χ3v) is 5.53. The lowest BCUT2D eigenvalue weighted by molar-refractivity contribution is -0.354. The Labute approximate surface area is 169 Å². The number of aryl methyl sites for hydroxylation is 1. The lowest BCUT2D eigenvalue weighted by atomic mass is 10.1. The first-order valence-corrected chi connectivity index (χ1v) is 10.1. The Morgan fingerprint density at radius 1 is 0.929 bits per heavy atom. The third-order valence-electron chi connectivity index (χ3n) is 4.45. The second kappa shape index (κ2) is 8.28. The van der Waals surface area contributed by atoms with Gasteiger partial charge in [0.15, 0.2) is 6.21 Å². The van der Waals surface area contributed by atoms with Crippen molar-refractivity contribution in [2.45, 2.75) is 17.7 Å². The first-order valence-electron chi connectivity index (χ1n) is 9.13. The fraction of sp³-hybridized carbons (Fsp3) is 0.0833. The molecule has 3 nitrogen and oxygen atoms in total. The van der Waals surface area contributed by atoms with Crippen LogP contribution in [-0.2, 0) is 5.75 Å². The SMILES string of the molecule is Cc1ccc2nc(SCc3ccccc3)c(/C=[N+](\[O-])c3ccccc3)cc2c1. The van der Waals surface area contributed by atoms with Crippen molar-refractivity contribution in [1.29, 1.82) is 0 Å². The third kappa shape index (κ3) is 4.24. The maximum atomic E-state index is 12.7. The number of aromatic nitrogens is 1. The van der Waals surface area contributed by atoms with E-state index in [1.54, 1.807) is 30.1 Å². The minimum Gasteiger partial charge on any atom is -0.618 e. The van der Waals surface area contributed by atoms with Crippen molar-refractivity contribution in [2.24, 2.45) is 0 Å². The van der Waals surface area contributed by atoms with Gasteiger partial charge in [-0.3, -0.25) is 0 Å². The summed E-state index contributed by atoms with van der Waals surface area (Å²) < 4.78 is 0.908. The van der Waals surface area contributed by atoms with Crippen LogP contribution in [0.1, 0.15) is 16.7 Å². The highest BCUT2D eigenvalue weighted by Crippen LogP contribution is 2.27. The molecular formula is C24H20N2OS. The van der Waals surface area contributed by atoms with Crippen molar-refractivity contribution in [2.75, 3.05) is 0 Å². The molecule has 4 aromatic rings. The molecule has 4 rings (SSSR count). The molecule has 0 unspecified atom stereocenters. The van der Waals surface area contributed by atoms with Gasteiger partial charge in [-0.25, -0.2) is 4.98 Å². The van der Waals surface area contributed by atoms with Gasteiger partial charge in [0.25, 0.3) is 0 Å². The largest absolute Gasteiger partial charge is 0.618 e. The maximum Gasteiger partial charge on any atom is 0.216 e. The number of hydrogen-bond donors (Lipinski definition) is 0. The molecule has 0 aliphatic heterocycles. The summed E-state index contributed by atoms with van der Waals surface area (Å²) in [5.74, 6) is 0.802. The van der Waals surface area contributed by atoms with Gasteiger partial charge in [0.2, 0.25) is 5.69 Å². The van der Waals surface area contributed by atoms with Crippen LogP contribution >= 0.6 is 11.8 Å². The van der Waals surface area contributed by atoms with E-state index in [4.69, 9.17) is 4.98 Å². The van der Waals surface area contributed by atoms with Crippen LogP contribution < -0.4 is 0 Å². The lowest BCUT2D eigenvalue weighted by Gasteiger charge is -2.09. The minimum absolute atomic E-state index is 0.603. The summed E-state index contributed by atoms with van der Waals surface area (Å²) >= 11 is 1.65. The summed E-state index contributed by atoms with van der Waals surface area (Å²) in [7, 11) is 0. The zero-order valence-corrected chi connectivity index (χ0v) is 16.4. The zero-order chi connectivity index (χ0) is 19.3. The van der Waals surface area contributed by atoms with Crippen LogP contribution in [0.4, 0.5) is 5.69 Å². The minimum atomic E-state index is 0.603. The van der Waals surface area contributed by atoms with E-state index in [0.717, 1.165) is 32.0 Å². The molecule has 0 saturated heterocycles. The van der Waals surface area contributed by atoms with E-state index >= 15 is 0 Å². The van der Waals surface area contributed by atoms with E-state index in [0.29, 0.717) is 5.69 Å². The summed E-state index contributed by atoms with van der Waals surface area (Å²) in [6.07, 6.45) is 1.62. The van der Waals surface area contributed by atoms with E-state index in [2.05, 4.69) is 37.3 Å². The van der Waals surface area contributed by atoms with Gasteiger partial charge in [-0.15, -0.1) is 11.8 Å². The fourth-order valence-corrected chi connectivity index (χ4v) is 3.94. The van der Waals surface area contributed by atoms with E-state index in [9.17, 15) is 5.21 Å². The Kier molecular flexibility index (Phi) is 5.40. The standard InChI is InChI=1S/C24H20N2OS/c1-18-12-13-23-20(14-18)15-21(16-26(27)22-10-6-3-7-11-22)24(25-23)28-17-19-8-4-2-5-9-19/h2-16H,17H2,1H3/b26-16-. The molecule has 4 heteroatoms. The predicted molar refractivity (Wildman–Crippen MR) is 117 cm³/mol. The van der Waals surface area contributed by atoms with Gasteiger partial charge in [-0.2, -0.15) is 4.74 Å². The summed E-state index contributed by atoms with van der Waals surface area (Å²) in [5.41, 5.74) is 4.78. The monoisotopic (exact) mass is 384 g/mol. The van der Waals surface area contributed by atoms with Gasteiger partial charge < -0.3 is 5.21 Å². The number of fused-ring (bicyclic) bond motifs is 1. The molecule has 0 atom stereocenters. The van der Waals surface area contributed by atoms with Crippen LogP contribution in [0.5, 0.6) is 0 Å². The Balaban J connectivity index is 1.75. The molecule has 1 aromatic heterocycles. The van der Waals surface area contributed by atoms with Crippen molar-refractivity contribution < 1.29 is 4.74 Å². The molecular weight excluding hydrogens is 364 g/mol. The van der Waals surface area contributed by atoms with Gasteiger partial charge >= 0.3 is 0 Å². The van der Waals surface area contributed by atoms with Crippen molar-refractivity contribution in [1.82, 2.24) is 4.98 Å². The van der Waals surface area contributed by atoms with E-state index in [-0.39, 0.29) is 0 Å².